The highest BCUT2D eigenvalue weighted by Gasteiger charge is 2.20. The number of hydrogen-bond donors (Lipinski definition) is 1. The van der Waals surface area contributed by atoms with Crippen LogP contribution in [0.3, 0.4) is 0 Å². The topological polar surface area (TPSA) is 46.9 Å². The van der Waals surface area contributed by atoms with Gasteiger partial charge in [-0.05, 0) is 42.7 Å². The fourth-order valence-electron chi connectivity index (χ4n) is 2.99. The van der Waals surface area contributed by atoms with Crippen LogP contribution in [0.1, 0.15) is 60.6 Å². The van der Waals surface area contributed by atoms with Crippen molar-refractivity contribution < 1.29 is 4.79 Å². The van der Waals surface area contributed by atoms with E-state index in [-0.39, 0.29) is 11.8 Å². The zero-order valence-electron chi connectivity index (χ0n) is 14.6. The molecule has 1 aliphatic carbocycles. The van der Waals surface area contributed by atoms with Crippen LogP contribution in [0.4, 0.5) is 5.69 Å². The molecule has 24 heavy (non-hydrogen) atoms. The van der Waals surface area contributed by atoms with E-state index in [1.54, 1.807) is 10.9 Å². The lowest BCUT2D eigenvalue weighted by atomic mass is 10.0. The molecule has 0 saturated heterocycles. The average Bonchev–Trinajstić information content (AvgIpc) is 3.28. The number of allylic oxidation sites excluding steroid dienone is 1. The summed E-state index contributed by atoms with van der Waals surface area (Å²) in [5.41, 5.74) is 3.48. The monoisotopic (exact) mass is 323 g/mol. The third-order valence-corrected chi connectivity index (χ3v) is 4.45. The quantitative estimate of drug-likeness (QED) is 0.844. The van der Waals surface area contributed by atoms with Gasteiger partial charge in [0.25, 0.3) is 5.91 Å². The predicted octanol–water partition coefficient (Wildman–Crippen LogP) is 4.61. The highest BCUT2D eigenvalue weighted by Crippen LogP contribution is 2.33. The molecule has 0 unspecified atom stereocenters. The standard InChI is InChI=1S/C20H25N3O/c1-14(2)19-17(13-21-23(19)3)20(24)22-18-10-5-4-8-16(18)9-6-7-15-11-12-15/h4-6,8-10,13-15H,7,11-12H2,1-3H3,(H,22,24)/b9-6+. The van der Waals surface area contributed by atoms with E-state index in [4.69, 9.17) is 0 Å². The van der Waals surface area contributed by atoms with Crippen LogP contribution in [0.15, 0.2) is 36.5 Å². The van der Waals surface area contributed by atoms with Crippen molar-refractivity contribution in [2.45, 2.75) is 39.0 Å². The number of aryl methyl sites for hydroxylation is 1. The molecule has 1 heterocycles. The average molecular weight is 323 g/mol. The van der Waals surface area contributed by atoms with Gasteiger partial charge in [-0.3, -0.25) is 9.48 Å². The minimum Gasteiger partial charge on any atom is -0.321 e. The Balaban J connectivity index is 1.78. The number of hydrogen-bond acceptors (Lipinski definition) is 2. The van der Waals surface area contributed by atoms with E-state index < -0.39 is 0 Å². The van der Waals surface area contributed by atoms with Crippen molar-refractivity contribution in [3.8, 4) is 0 Å². The summed E-state index contributed by atoms with van der Waals surface area (Å²) < 4.78 is 1.78. The molecular formula is C20H25N3O. The molecule has 1 saturated carbocycles. The van der Waals surface area contributed by atoms with Crippen LogP contribution in [0, 0.1) is 5.92 Å². The van der Waals surface area contributed by atoms with Gasteiger partial charge in [0.1, 0.15) is 0 Å². The number of carbonyl (C=O) groups excluding carboxylic acids is 1. The lowest BCUT2D eigenvalue weighted by Crippen LogP contribution is -2.15. The third kappa shape index (κ3) is 3.75. The number of anilines is 1. The number of rotatable bonds is 6. The molecule has 3 rings (SSSR count). The van der Waals surface area contributed by atoms with Crippen molar-refractivity contribution in [3.05, 3.63) is 53.4 Å². The molecule has 0 atom stereocenters. The second-order valence-corrected chi connectivity index (χ2v) is 6.84. The maximum Gasteiger partial charge on any atom is 0.259 e. The summed E-state index contributed by atoms with van der Waals surface area (Å²) >= 11 is 0. The van der Waals surface area contributed by atoms with Crippen molar-refractivity contribution >= 4 is 17.7 Å². The highest BCUT2D eigenvalue weighted by molar-refractivity contribution is 6.06. The van der Waals surface area contributed by atoms with Gasteiger partial charge in [0.2, 0.25) is 0 Å². The van der Waals surface area contributed by atoms with Gasteiger partial charge in [-0.1, -0.05) is 44.2 Å². The molecule has 1 aromatic carbocycles. The number of para-hydroxylation sites is 1. The first kappa shape index (κ1) is 16.5. The van der Waals surface area contributed by atoms with Gasteiger partial charge in [0, 0.05) is 12.7 Å². The molecule has 1 N–H and O–H groups in total. The molecular weight excluding hydrogens is 298 g/mol. The van der Waals surface area contributed by atoms with E-state index in [0.29, 0.717) is 5.56 Å². The molecule has 1 aromatic heterocycles. The van der Waals surface area contributed by atoms with E-state index in [1.807, 2.05) is 31.3 Å². The number of aromatic nitrogens is 2. The Morgan fingerprint density at radius 3 is 2.83 bits per heavy atom. The van der Waals surface area contributed by atoms with Gasteiger partial charge in [-0.2, -0.15) is 5.10 Å². The van der Waals surface area contributed by atoms with E-state index in [0.717, 1.165) is 29.3 Å². The Kier molecular flexibility index (Phi) is 4.84. The van der Waals surface area contributed by atoms with Crippen molar-refractivity contribution in [3.63, 3.8) is 0 Å². The Hall–Kier alpha value is -2.36. The summed E-state index contributed by atoms with van der Waals surface area (Å²) in [5.74, 6) is 1.01. The molecule has 1 fully saturated rings. The minimum absolute atomic E-state index is 0.102. The second-order valence-electron chi connectivity index (χ2n) is 6.84. The Morgan fingerprint density at radius 2 is 2.12 bits per heavy atom. The number of benzene rings is 1. The van der Waals surface area contributed by atoms with Crippen molar-refractivity contribution in [1.29, 1.82) is 0 Å². The number of amides is 1. The van der Waals surface area contributed by atoms with Crippen molar-refractivity contribution in [2.75, 3.05) is 5.32 Å². The zero-order chi connectivity index (χ0) is 17.1. The number of nitrogens with one attached hydrogen (secondary N) is 1. The first-order chi connectivity index (χ1) is 11.6. The maximum absolute atomic E-state index is 12.7. The van der Waals surface area contributed by atoms with Crippen LogP contribution in [0.5, 0.6) is 0 Å². The summed E-state index contributed by atoms with van der Waals surface area (Å²) in [6, 6.07) is 7.92. The Bertz CT molecular complexity index is 754. The molecule has 4 nitrogen and oxygen atoms in total. The highest BCUT2D eigenvalue weighted by atomic mass is 16.1. The van der Waals surface area contributed by atoms with Crippen LogP contribution in [0.2, 0.25) is 0 Å². The lowest BCUT2D eigenvalue weighted by molar-refractivity contribution is 0.102. The molecule has 126 valence electrons. The van der Waals surface area contributed by atoms with E-state index in [9.17, 15) is 4.79 Å². The first-order valence-electron chi connectivity index (χ1n) is 8.65. The van der Waals surface area contributed by atoms with Gasteiger partial charge >= 0.3 is 0 Å². The summed E-state index contributed by atoms with van der Waals surface area (Å²) in [4.78, 5) is 12.7. The van der Waals surface area contributed by atoms with Gasteiger partial charge in [-0.15, -0.1) is 0 Å². The minimum atomic E-state index is -0.102. The lowest BCUT2D eigenvalue weighted by Gasteiger charge is -2.11. The molecule has 1 aliphatic rings. The molecule has 1 amide bonds. The Labute approximate surface area is 143 Å². The predicted molar refractivity (Wildman–Crippen MR) is 98.1 cm³/mol. The van der Waals surface area contributed by atoms with Crippen LogP contribution in [-0.2, 0) is 7.05 Å². The van der Waals surface area contributed by atoms with Crippen molar-refractivity contribution in [2.24, 2.45) is 13.0 Å². The zero-order valence-corrected chi connectivity index (χ0v) is 14.6. The maximum atomic E-state index is 12.7. The molecule has 4 heteroatoms. The normalized spacial score (nSPS) is 14.5. The summed E-state index contributed by atoms with van der Waals surface area (Å²) in [6.07, 6.45) is 9.80. The van der Waals surface area contributed by atoms with Crippen LogP contribution >= 0.6 is 0 Å². The summed E-state index contributed by atoms with van der Waals surface area (Å²) in [5, 5.41) is 7.29. The summed E-state index contributed by atoms with van der Waals surface area (Å²) in [6.45, 7) is 4.14. The molecule has 0 spiro atoms. The molecule has 0 bridgehead atoms. The van der Waals surface area contributed by atoms with E-state index in [2.05, 4.69) is 36.4 Å². The summed E-state index contributed by atoms with van der Waals surface area (Å²) in [7, 11) is 1.88. The number of nitrogens with zero attached hydrogens (tertiary/aromatic N) is 2. The number of carbonyl (C=O) groups is 1. The van der Waals surface area contributed by atoms with E-state index >= 15 is 0 Å². The second kappa shape index (κ2) is 7.04. The van der Waals surface area contributed by atoms with Crippen LogP contribution in [-0.4, -0.2) is 15.7 Å². The fraction of sp³-hybridized carbons (Fsp3) is 0.400. The third-order valence-electron chi connectivity index (χ3n) is 4.45. The van der Waals surface area contributed by atoms with Crippen LogP contribution < -0.4 is 5.32 Å². The fourth-order valence-corrected chi connectivity index (χ4v) is 2.99. The van der Waals surface area contributed by atoms with Crippen molar-refractivity contribution in [1.82, 2.24) is 9.78 Å². The van der Waals surface area contributed by atoms with Gasteiger partial charge < -0.3 is 5.32 Å². The molecule has 0 radical (unpaired) electrons. The van der Waals surface area contributed by atoms with Gasteiger partial charge in [-0.25, -0.2) is 0 Å². The SMILES string of the molecule is CC(C)c1c(C(=O)Nc2ccccc2/C=C/CC2CC2)cnn1C. The van der Waals surface area contributed by atoms with Gasteiger partial charge in [0.15, 0.2) is 0 Å². The molecule has 2 aromatic rings. The largest absolute Gasteiger partial charge is 0.321 e. The molecule has 0 aliphatic heterocycles. The Morgan fingerprint density at radius 1 is 1.38 bits per heavy atom. The first-order valence-corrected chi connectivity index (χ1v) is 8.65. The van der Waals surface area contributed by atoms with Crippen LogP contribution in [0.25, 0.3) is 6.08 Å². The van der Waals surface area contributed by atoms with Gasteiger partial charge in [0.05, 0.1) is 17.5 Å². The van der Waals surface area contributed by atoms with E-state index in [1.165, 1.54) is 12.8 Å². The smallest absolute Gasteiger partial charge is 0.259 e.